The summed E-state index contributed by atoms with van der Waals surface area (Å²) in [5.41, 5.74) is 6.22. The van der Waals surface area contributed by atoms with Crippen molar-refractivity contribution < 1.29 is 18.3 Å². The topological polar surface area (TPSA) is 101 Å². The van der Waals surface area contributed by atoms with Gasteiger partial charge in [-0.1, -0.05) is 0 Å². The lowest BCUT2D eigenvalue weighted by Crippen LogP contribution is -2.51. The standard InChI is InChI=1S/C14H24N2O4S/c15-13-10-2-1-9(7-10)12(13)14(18)16(4-5-17)11-3-6-21(19,20)8-11/h9-13,17H,1-8,15H2. The third kappa shape index (κ3) is 2.71. The first-order valence-electron chi connectivity index (χ1n) is 7.80. The molecule has 5 atom stereocenters. The fraction of sp³-hybridized carbons (Fsp3) is 0.929. The smallest absolute Gasteiger partial charge is 0.227 e. The molecule has 1 aliphatic heterocycles. The monoisotopic (exact) mass is 316 g/mol. The molecule has 1 heterocycles. The summed E-state index contributed by atoms with van der Waals surface area (Å²) >= 11 is 0. The Kier molecular flexibility index (Phi) is 4.00. The molecule has 3 rings (SSSR count). The summed E-state index contributed by atoms with van der Waals surface area (Å²) in [5, 5.41) is 9.24. The van der Waals surface area contributed by atoms with E-state index in [1.54, 1.807) is 4.90 Å². The Morgan fingerprint density at radius 1 is 1.24 bits per heavy atom. The lowest BCUT2D eigenvalue weighted by Gasteiger charge is -2.35. The van der Waals surface area contributed by atoms with Crippen LogP contribution in [0.15, 0.2) is 0 Å². The number of nitrogens with two attached hydrogens (primary N) is 1. The van der Waals surface area contributed by atoms with Gasteiger partial charge in [0.2, 0.25) is 5.91 Å². The molecule has 2 saturated carbocycles. The van der Waals surface area contributed by atoms with E-state index in [1.807, 2.05) is 0 Å². The zero-order valence-electron chi connectivity index (χ0n) is 12.1. The first kappa shape index (κ1) is 15.2. The summed E-state index contributed by atoms with van der Waals surface area (Å²) in [5.74, 6) is 0.721. The van der Waals surface area contributed by atoms with Gasteiger partial charge >= 0.3 is 0 Å². The number of carbonyl (C=O) groups is 1. The summed E-state index contributed by atoms with van der Waals surface area (Å²) < 4.78 is 23.3. The minimum atomic E-state index is -3.05. The highest BCUT2D eigenvalue weighted by Crippen LogP contribution is 2.48. The van der Waals surface area contributed by atoms with Gasteiger partial charge in [-0.15, -0.1) is 0 Å². The Bertz CT molecular complexity index is 519. The molecule has 1 amide bonds. The van der Waals surface area contributed by atoms with Gasteiger partial charge in [0.15, 0.2) is 9.84 Å². The predicted molar refractivity (Wildman–Crippen MR) is 78.2 cm³/mol. The zero-order valence-corrected chi connectivity index (χ0v) is 13.0. The molecular formula is C14H24N2O4S. The van der Waals surface area contributed by atoms with E-state index < -0.39 is 9.84 Å². The van der Waals surface area contributed by atoms with Gasteiger partial charge in [-0.25, -0.2) is 8.42 Å². The summed E-state index contributed by atoms with van der Waals surface area (Å²) in [6, 6.07) is -0.392. The normalized spacial score (nSPS) is 40.6. The van der Waals surface area contributed by atoms with Crippen molar-refractivity contribution in [3.05, 3.63) is 0 Å². The highest BCUT2D eigenvalue weighted by Gasteiger charge is 2.51. The molecule has 3 N–H and O–H groups in total. The lowest BCUT2D eigenvalue weighted by atomic mass is 9.83. The Balaban J connectivity index is 1.76. The minimum absolute atomic E-state index is 0.0226. The highest BCUT2D eigenvalue weighted by molar-refractivity contribution is 7.91. The second-order valence-electron chi connectivity index (χ2n) is 6.75. The van der Waals surface area contributed by atoms with E-state index in [2.05, 4.69) is 0 Å². The van der Waals surface area contributed by atoms with Gasteiger partial charge in [0.1, 0.15) is 0 Å². The van der Waals surface area contributed by atoms with Crippen LogP contribution in [0, 0.1) is 17.8 Å². The highest BCUT2D eigenvalue weighted by atomic mass is 32.2. The molecule has 0 spiro atoms. The third-order valence-corrected chi connectivity index (χ3v) is 7.29. The molecule has 0 aromatic rings. The molecule has 7 heteroatoms. The number of nitrogens with zero attached hydrogens (tertiary/aromatic N) is 1. The lowest BCUT2D eigenvalue weighted by molar-refractivity contribution is -0.140. The van der Waals surface area contributed by atoms with Crippen LogP contribution < -0.4 is 5.73 Å². The quantitative estimate of drug-likeness (QED) is 0.719. The molecule has 6 nitrogen and oxygen atoms in total. The van der Waals surface area contributed by atoms with Crippen molar-refractivity contribution in [2.45, 2.75) is 37.8 Å². The van der Waals surface area contributed by atoms with Gasteiger partial charge in [0.05, 0.1) is 24.0 Å². The van der Waals surface area contributed by atoms with Crippen LogP contribution in [-0.4, -0.2) is 61.1 Å². The van der Waals surface area contributed by atoms with Crippen molar-refractivity contribution >= 4 is 15.7 Å². The van der Waals surface area contributed by atoms with E-state index >= 15 is 0 Å². The number of aliphatic hydroxyl groups excluding tert-OH is 1. The molecule has 21 heavy (non-hydrogen) atoms. The van der Waals surface area contributed by atoms with Crippen LogP contribution in [0.3, 0.4) is 0 Å². The van der Waals surface area contributed by atoms with E-state index in [-0.39, 0.29) is 48.6 Å². The van der Waals surface area contributed by atoms with E-state index in [9.17, 15) is 18.3 Å². The number of rotatable bonds is 4. The first-order valence-corrected chi connectivity index (χ1v) is 9.62. The molecule has 1 saturated heterocycles. The van der Waals surface area contributed by atoms with Crippen LogP contribution in [-0.2, 0) is 14.6 Å². The molecule has 3 aliphatic rings. The Hall–Kier alpha value is -0.660. The molecule has 0 radical (unpaired) electrons. The SMILES string of the molecule is NC1C2CCC(C2)C1C(=O)N(CCO)C1CCS(=O)(=O)C1. The Morgan fingerprint density at radius 2 is 1.95 bits per heavy atom. The predicted octanol–water partition coefficient (Wildman–Crippen LogP) is -0.632. The second-order valence-corrected chi connectivity index (χ2v) is 8.98. The van der Waals surface area contributed by atoms with Crippen molar-refractivity contribution in [2.24, 2.45) is 23.5 Å². The van der Waals surface area contributed by atoms with Crippen LogP contribution in [0.4, 0.5) is 0 Å². The summed E-state index contributed by atoms with van der Waals surface area (Å²) in [6.07, 6.45) is 3.65. The second kappa shape index (κ2) is 5.52. The van der Waals surface area contributed by atoms with Gasteiger partial charge in [-0.05, 0) is 37.5 Å². The van der Waals surface area contributed by atoms with Crippen LogP contribution in [0.25, 0.3) is 0 Å². The number of carbonyl (C=O) groups excluding carboxylic acids is 1. The largest absolute Gasteiger partial charge is 0.395 e. The Labute approximate surface area is 125 Å². The van der Waals surface area contributed by atoms with Crippen LogP contribution >= 0.6 is 0 Å². The number of hydrogen-bond donors (Lipinski definition) is 2. The Morgan fingerprint density at radius 3 is 2.48 bits per heavy atom. The van der Waals surface area contributed by atoms with Crippen molar-refractivity contribution in [2.75, 3.05) is 24.7 Å². The van der Waals surface area contributed by atoms with Crippen LogP contribution in [0.5, 0.6) is 0 Å². The molecule has 0 aromatic heterocycles. The average molecular weight is 316 g/mol. The number of sulfone groups is 1. The maximum atomic E-state index is 12.9. The number of fused-ring (bicyclic) bond motifs is 2. The van der Waals surface area contributed by atoms with Gasteiger partial charge in [0.25, 0.3) is 0 Å². The van der Waals surface area contributed by atoms with Gasteiger partial charge in [-0.2, -0.15) is 0 Å². The van der Waals surface area contributed by atoms with Crippen LogP contribution in [0.1, 0.15) is 25.7 Å². The van der Waals surface area contributed by atoms with E-state index in [4.69, 9.17) is 5.73 Å². The number of aliphatic hydroxyl groups is 1. The zero-order chi connectivity index (χ0) is 15.2. The van der Waals surface area contributed by atoms with Crippen molar-refractivity contribution in [1.29, 1.82) is 0 Å². The first-order chi connectivity index (χ1) is 9.93. The van der Waals surface area contributed by atoms with Gasteiger partial charge in [0, 0.05) is 18.6 Å². The van der Waals surface area contributed by atoms with E-state index in [0.29, 0.717) is 18.3 Å². The number of hydrogen-bond acceptors (Lipinski definition) is 5. The minimum Gasteiger partial charge on any atom is -0.395 e. The van der Waals surface area contributed by atoms with Gasteiger partial charge < -0.3 is 15.7 Å². The maximum Gasteiger partial charge on any atom is 0.227 e. The molecule has 2 aliphatic carbocycles. The van der Waals surface area contributed by atoms with E-state index in [1.165, 1.54) is 0 Å². The molecule has 3 fully saturated rings. The summed E-state index contributed by atoms with van der Waals surface area (Å²) in [7, 11) is -3.05. The molecule has 0 aromatic carbocycles. The van der Waals surface area contributed by atoms with Crippen molar-refractivity contribution in [3.8, 4) is 0 Å². The summed E-state index contributed by atoms with van der Waals surface area (Å²) in [4.78, 5) is 14.5. The fourth-order valence-corrected chi connectivity index (χ4v) is 6.23. The van der Waals surface area contributed by atoms with Gasteiger partial charge in [-0.3, -0.25) is 4.79 Å². The van der Waals surface area contributed by atoms with Crippen molar-refractivity contribution in [3.63, 3.8) is 0 Å². The molecule has 2 bridgehead atoms. The number of amides is 1. The average Bonchev–Trinajstić information content (AvgIpc) is 3.09. The fourth-order valence-electron chi connectivity index (χ4n) is 4.50. The molecular weight excluding hydrogens is 292 g/mol. The molecule has 120 valence electrons. The van der Waals surface area contributed by atoms with Crippen LogP contribution in [0.2, 0.25) is 0 Å². The maximum absolute atomic E-state index is 12.9. The molecule has 5 unspecified atom stereocenters. The van der Waals surface area contributed by atoms with E-state index in [0.717, 1.165) is 19.3 Å². The third-order valence-electron chi connectivity index (χ3n) is 5.54. The summed E-state index contributed by atoms with van der Waals surface area (Å²) in [6.45, 7) is 0.0674. The van der Waals surface area contributed by atoms with Crippen molar-refractivity contribution in [1.82, 2.24) is 4.90 Å².